The first-order valence-corrected chi connectivity index (χ1v) is 7.07. The van der Waals surface area contributed by atoms with Gasteiger partial charge >= 0.3 is 0 Å². The molecule has 3 aromatic rings. The van der Waals surface area contributed by atoms with Gasteiger partial charge in [-0.25, -0.2) is 4.98 Å². The number of anilines is 1. The van der Waals surface area contributed by atoms with E-state index in [0.29, 0.717) is 5.78 Å². The number of hydrogen-bond donors (Lipinski definition) is 0. The van der Waals surface area contributed by atoms with E-state index in [4.69, 9.17) is 0 Å². The fraction of sp³-hybridized carbons (Fsp3) is 0.312. The third-order valence-electron chi connectivity index (χ3n) is 3.63. The molecular weight excluding hydrogens is 262 g/mol. The summed E-state index contributed by atoms with van der Waals surface area (Å²) in [5.41, 5.74) is 3.58. The van der Waals surface area contributed by atoms with Crippen molar-refractivity contribution in [3.63, 3.8) is 0 Å². The molecule has 0 bridgehead atoms. The summed E-state index contributed by atoms with van der Waals surface area (Å²) in [4.78, 5) is 10.8. The van der Waals surface area contributed by atoms with Gasteiger partial charge in [0.05, 0.1) is 0 Å². The number of benzene rings is 1. The summed E-state index contributed by atoms with van der Waals surface area (Å²) in [5, 5.41) is 4.30. The van der Waals surface area contributed by atoms with E-state index in [-0.39, 0.29) is 0 Å². The van der Waals surface area contributed by atoms with E-state index in [1.54, 1.807) is 6.33 Å². The molecule has 0 saturated carbocycles. The fourth-order valence-corrected chi connectivity index (χ4v) is 2.63. The van der Waals surface area contributed by atoms with Gasteiger partial charge in [-0.15, -0.1) is 0 Å². The standard InChI is InChI=1S/C16H19N5/c1-12-14(10-9-13-7-5-4-6-8-13)15(20(2)3)21-16(19-12)17-11-18-21/h4-8,11H,9-10H2,1-3H3. The fourth-order valence-electron chi connectivity index (χ4n) is 2.63. The minimum atomic E-state index is 0.652. The zero-order valence-corrected chi connectivity index (χ0v) is 12.6. The zero-order valence-electron chi connectivity index (χ0n) is 12.6. The van der Waals surface area contributed by atoms with Gasteiger partial charge in [-0.3, -0.25) is 0 Å². The lowest BCUT2D eigenvalue weighted by molar-refractivity contribution is 0.836. The van der Waals surface area contributed by atoms with Crippen LogP contribution in [0.5, 0.6) is 0 Å². The Bertz CT molecular complexity index is 746. The Morgan fingerprint density at radius 1 is 1.10 bits per heavy atom. The maximum atomic E-state index is 4.55. The van der Waals surface area contributed by atoms with E-state index < -0.39 is 0 Å². The van der Waals surface area contributed by atoms with Crippen molar-refractivity contribution in [2.45, 2.75) is 19.8 Å². The average Bonchev–Trinajstić information content (AvgIpc) is 2.92. The van der Waals surface area contributed by atoms with Crippen molar-refractivity contribution >= 4 is 11.6 Å². The van der Waals surface area contributed by atoms with Gasteiger partial charge in [0.15, 0.2) is 0 Å². The molecule has 0 aliphatic heterocycles. The van der Waals surface area contributed by atoms with Crippen LogP contribution in [0.1, 0.15) is 16.8 Å². The topological polar surface area (TPSA) is 46.3 Å². The van der Waals surface area contributed by atoms with Crippen LogP contribution in [-0.2, 0) is 12.8 Å². The van der Waals surface area contributed by atoms with Crippen molar-refractivity contribution in [1.29, 1.82) is 0 Å². The predicted molar refractivity (Wildman–Crippen MR) is 83.7 cm³/mol. The highest BCUT2D eigenvalue weighted by Gasteiger charge is 2.15. The maximum Gasteiger partial charge on any atom is 0.254 e. The molecule has 5 nitrogen and oxygen atoms in total. The highest BCUT2D eigenvalue weighted by Crippen LogP contribution is 2.23. The number of aromatic nitrogens is 4. The van der Waals surface area contributed by atoms with Crippen LogP contribution in [0, 0.1) is 6.92 Å². The summed E-state index contributed by atoms with van der Waals surface area (Å²) in [5.74, 6) is 1.71. The summed E-state index contributed by atoms with van der Waals surface area (Å²) < 4.78 is 1.81. The normalized spacial score (nSPS) is 11.0. The molecule has 0 atom stereocenters. The Hall–Kier alpha value is -2.43. The summed E-state index contributed by atoms with van der Waals surface area (Å²) >= 11 is 0. The second kappa shape index (κ2) is 5.52. The van der Waals surface area contributed by atoms with Crippen molar-refractivity contribution in [3.8, 4) is 0 Å². The molecule has 5 heteroatoms. The first-order valence-electron chi connectivity index (χ1n) is 7.07. The Morgan fingerprint density at radius 2 is 1.86 bits per heavy atom. The van der Waals surface area contributed by atoms with Crippen LogP contribution in [-0.4, -0.2) is 33.7 Å². The second-order valence-corrected chi connectivity index (χ2v) is 5.35. The molecule has 0 aliphatic rings. The second-order valence-electron chi connectivity index (χ2n) is 5.35. The molecule has 0 aliphatic carbocycles. The van der Waals surface area contributed by atoms with Gasteiger partial charge in [-0.1, -0.05) is 30.3 Å². The minimum absolute atomic E-state index is 0.652. The number of nitrogens with zero attached hydrogens (tertiary/aromatic N) is 5. The van der Waals surface area contributed by atoms with Gasteiger partial charge in [-0.05, 0) is 25.3 Å². The van der Waals surface area contributed by atoms with Crippen LogP contribution in [0.4, 0.5) is 5.82 Å². The number of aryl methyl sites for hydroxylation is 2. The average molecular weight is 281 g/mol. The molecule has 0 amide bonds. The monoisotopic (exact) mass is 281 g/mol. The van der Waals surface area contributed by atoms with Crippen molar-refractivity contribution in [1.82, 2.24) is 19.6 Å². The first-order chi connectivity index (χ1) is 10.2. The van der Waals surface area contributed by atoms with Crippen LogP contribution in [0.3, 0.4) is 0 Å². The third-order valence-corrected chi connectivity index (χ3v) is 3.63. The smallest absolute Gasteiger partial charge is 0.254 e. The Labute approximate surface area is 124 Å². The van der Waals surface area contributed by atoms with Crippen LogP contribution >= 0.6 is 0 Å². The first kappa shape index (κ1) is 13.5. The van der Waals surface area contributed by atoms with Crippen LogP contribution in [0.15, 0.2) is 36.7 Å². The molecule has 21 heavy (non-hydrogen) atoms. The maximum absolute atomic E-state index is 4.55. The molecule has 0 unspecified atom stereocenters. The minimum Gasteiger partial charge on any atom is -0.362 e. The van der Waals surface area contributed by atoms with E-state index in [2.05, 4.69) is 44.2 Å². The lowest BCUT2D eigenvalue weighted by Gasteiger charge is -2.19. The van der Waals surface area contributed by atoms with Crippen LogP contribution in [0.25, 0.3) is 5.78 Å². The van der Waals surface area contributed by atoms with E-state index in [9.17, 15) is 0 Å². The molecule has 0 spiro atoms. The van der Waals surface area contributed by atoms with E-state index in [1.165, 1.54) is 11.1 Å². The summed E-state index contributed by atoms with van der Waals surface area (Å²) in [6.45, 7) is 2.04. The van der Waals surface area contributed by atoms with Crippen molar-refractivity contribution in [3.05, 3.63) is 53.5 Å². The number of hydrogen-bond acceptors (Lipinski definition) is 4. The Morgan fingerprint density at radius 3 is 2.57 bits per heavy atom. The molecule has 0 fully saturated rings. The quantitative estimate of drug-likeness (QED) is 0.736. The highest BCUT2D eigenvalue weighted by molar-refractivity contribution is 5.53. The molecule has 3 rings (SSSR count). The van der Waals surface area contributed by atoms with Crippen molar-refractivity contribution < 1.29 is 0 Å². The molecule has 0 N–H and O–H groups in total. The van der Waals surface area contributed by atoms with E-state index >= 15 is 0 Å². The lowest BCUT2D eigenvalue weighted by Crippen LogP contribution is -2.18. The SMILES string of the molecule is Cc1nc2ncnn2c(N(C)C)c1CCc1ccccc1. The van der Waals surface area contributed by atoms with Crippen molar-refractivity contribution in [2.75, 3.05) is 19.0 Å². The van der Waals surface area contributed by atoms with Crippen LogP contribution in [0.2, 0.25) is 0 Å². The lowest BCUT2D eigenvalue weighted by atomic mass is 10.0. The molecule has 0 saturated heterocycles. The number of fused-ring (bicyclic) bond motifs is 1. The van der Waals surface area contributed by atoms with E-state index in [1.807, 2.05) is 31.6 Å². The zero-order chi connectivity index (χ0) is 14.8. The van der Waals surface area contributed by atoms with E-state index in [0.717, 1.165) is 24.4 Å². The molecule has 108 valence electrons. The van der Waals surface area contributed by atoms with Gasteiger partial charge in [0, 0.05) is 25.4 Å². The third kappa shape index (κ3) is 2.59. The molecule has 0 radical (unpaired) electrons. The Balaban J connectivity index is 2.00. The van der Waals surface area contributed by atoms with Gasteiger partial charge < -0.3 is 4.90 Å². The summed E-state index contributed by atoms with van der Waals surface area (Å²) in [7, 11) is 4.06. The van der Waals surface area contributed by atoms with Crippen LogP contribution < -0.4 is 4.90 Å². The predicted octanol–water partition coefficient (Wildman–Crippen LogP) is 2.28. The van der Waals surface area contributed by atoms with Gasteiger partial charge in [-0.2, -0.15) is 14.6 Å². The summed E-state index contributed by atoms with van der Waals surface area (Å²) in [6, 6.07) is 10.5. The number of rotatable bonds is 4. The Kier molecular flexibility index (Phi) is 3.56. The molecule has 2 heterocycles. The van der Waals surface area contributed by atoms with Crippen molar-refractivity contribution in [2.24, 2.45) is 0 Å². The van der Waals surface area contributed by atoms with Gasteiger partial charge in [0.2, 0.25) is 0 Å². The molecular formula is C16H19N5. The molecule has 2 aromatic heterocycles. The van der Waals surface area contributed by atoms with Gasteiger partial charge in [0.25, 0.3) is 5.78 Å². The highest BCUT2D eigenvalue weighted by atomic mass is 15.4. The summed E-state index contributed by atoms with van der Waals surface area (Å²) in [6.07, 6.45) is 3.48. The molecule has 1 aromatic carbocycles. The van der Waals surface area contributed by atoms with Gasteiger partial charge in [0.1, 0.15) is 12.1 Å². The largest absolute Gasteiger partial charge is 0.362 e.